The minimum absolute atomic E-state index is 0.114. The number of nitro groups is 1. The Morgan fingerprint density at radius 2 is 2.11 bits per heavy atom. The lowest BCUT2D eigenvalue weighted by Crippen LogP contribution is -2.20. The minimum atomic E-state index is -0.547. The number of benzene rings is 1. The Balaban J connectivity index is 2.59. The summed E-state index contributed by atoms with van der Waals surface area (Å²) in [7, 11) is 1.52. The van der Waals surface area contributed by atoms with E-state index in [4.69, 9.17) is 0 Å². The number of hydrogen-bond donors (Lipinski definition) is 1. The summed E-state index contributed by atoms with van der Waals surface area (Å²) in [6.07, 6.45) is 0. The van der Waals surface area contributed by atoms with Crippen LogP contribution in [0.2, 0.25) is 0 Å². The van der Waals surface area contributed by atoms with E-state index in [1.54, 1.807) is 0 Å². The van der Waals surface area contributed by atoms with Gasteiger partial charge in [0.15, 0.2) is 5.78 Å². The van der Waals surface area contributed by atoms with Crippen molar-refractivity contribution in [2.75, 3.05) is 18.6 Å². The number of carbonyl (C=O) groups is 2. The third-order valence-electron chi connectivity index (χ3n) is 2.12. The molecule has 96 valence electrons. The molecule has 1 aromatic rings. The highest BCUT2D eigenvalue weighted by molar-refractivity contribution is 8.00. The molecule has 18 heavy (non-hydrogen) atoms. The van der Waals surface area contributed by atoms with Gasteiger partial charge in [0, 0.05) is 24.7 Å². The van der Waals surface area contributed by atoms with Crippen molar-refractivity contribution in [1.82, 2.24) is 5.32 Å². The van der Waals surface area contributed by atoms with Crippen LogP contribution in [0.5, 0.6) is 0 Å². The van der Waals surface area contributed by atoms with E-state index in [1.165, 1.54) is 43.1 Å². The van der Waals surface area contributed by atoms with E-state index in [0.29, 0.717) is 0 Å². The van der Waals surface area contributed by atoms with Crippen LogP contribution in [-0.2, 0) is 4.79 Å². The molecule has 1 amide bonds. The summed E-state index contributed by atoms with van der Waals surface area (Å²) in [6.45, 7) is 0. The Bertz CT molecular complexity index is 476. The number of amides is 1. The van der Waals surface area contributed by atoms with Crippen LogP contribution in [0, 0.1) is 10.1 Å². The summed E-state index contributed by atoms with van der Waals surface area (Å²) in [6, 6.07) is 5.56. The molecule has 0 spiro atoms. The lowest BCUT2D eigenvalue weighted by atomic mass is 10.1. The van der Waals surface area contributed by atoms with E-state index in [1.807, 2.05) is 0 Å². The van der Waals surface area contributed by atoms with E-state index in [-0.39, 0.29) is 34.4 Å². The molecule has 0 radical (unpaired) electrons. The van der Waals surface area contributed by atoms with Crippen molar-refractivity contribution in [3.05, 3.63) is 39.9 Å². The molecule has 0 saturated heterocycles. The van der Waals surface area contributed by atoms with E-state index in [0.717, 1.165) is 0 Å². The molecular formula is C11H12N2O4S. The van der Waals surface area contributed by atoms with E-state index >= 15 is 0 Å². The van der Waals surface area contributed by atoms with Crippen LogP contribution in [0.3, 0.4) is 0 Å². The van der Waals surface area contributed by atoms with Gasteiger partial charge < -0.3 is 5.32 Å². The van der Waals surface area contributed by atoms with Gasteiger partial charge in [0.25, 0.3) is 5.69 Å². The van der Waals surface area contributed by atoms with Crippen LogP contribution in [-0.4, -0.2) is 35.2 Å². The van der Waals surface area contributed by atoms with E-state index in [2.05, 4.69) is 5.32 Å². The average molecular weight is 268 g/mol. The largest absolute Gasteiger partial charge is 0.358 e. The van der Waals surface area contributed by atoms with Gasteiger partial charge in [0.05, 0.1) is 16.4 Å². The van der Waals surface area contributed by atoms with Crippen molar-refractivity contribution in [2.24, 2.45) is 0 Å². The molecular weight excluding hydrogens is 256 g/mol. The molecule has 1 aromatic carbocycles. The van der Waals surface area contributed by atoms with E-state index in [9.17, 15) is 19.7 Å². The lowest BCUT2D eigenvalue weighted by molar-refractivity contribution is -0.384. The number of non-ortho nitro benzene ring substituents is 1. The van der Waals surface area contributed by atoms with Gasteiger partial charge in [-0.3, -0.25) is 19.7 Å². The van der Waals surface area contributed by atoms with Crippen molar-refractivity contribution >= 4 is 29.1 Å². The molecule has 0 fully saturated rings. The van der Waals surface area contributed by atoms with Crippen LogP contribution in [0.15, 0.2) is 24.3 Å². The van der Waals surface area contributed by atoms with Crippen LogP contribution in [0.1, 0.15) is 10.4 Å². The molecule has 0 bridgehead atoms. The van der Waals surface area contributed by atoms with E-state index < -0.39 is 4.92 Å². The zero-order chi connectivity index (χ0) is 13.5. The normalized spacial score (nSPS) is 9.83. The fourth-order valence-corrected chi connectivity index (χ4v) is 1.97. The summed E-state index contributed by atoms with van der Waals surface area (Å²) >= 11 is 1.17. The van der Waals surface area contributed by atoms with Gasteiger partial charge in [-0.05, 0) is 0 Å². The first-order valence-electron chi connectivity index (χ1n) is 5.10. The van der Waals surface area contributed by atoms with Crippen LogP contribution < -0.4 is 5.32 Å². The second kappa shape index (κ2) is 6.75. The van der Waals surface area contributed by atoms with Crippen LogP contribution in [0.25, 0.3) is 0 Å². The zero-order valence-electron chi connectivity index (χ0n) is 9.71. The number of rotatable bonds is 6. The summed E-state index contributed by atoms with van der Waals surface area (Å²) in [5.41, 5.74) is 0.172. The molecule has 1 N–H and O–H groups in total. The molecule has 0 saturated carbocycles. The highest BCUT2D eigenvalue weighted by Crippen LogP contribution is 2.15. The molecule has 0 aliphatic heterocycles. The summed E-state index contributed by atoms with van der Waals surface area (Å²) in [5.74, 6) is -0.0781. The Kier molecular flexibility index (Phi) is 5.31. The average Bonchev–Trinajstić information content (AvgIpc) is 2.38. The SMILES string of the molecule is CNC(=O)CSCC(=O)c1cccc([N+](=O)[O-])c1. The fourth-order valence-electron chi connectivity index (χ4n) is 1.18. The first-order valence-corrected chi connectivity index (χ1v) is 6.26. The lowest BCUT2D eigenvalue weighted by Gasteiger charge is -2.01. The van der Waals surface area contributed by atoms with Gasteiger partial charge in [-0.2, -0.15) is 0 Å². The second-order valence-electron chi connectivity index (χ2n) is 3.40. The zero-order valence-corrected chi connectivity index (χ0v) is 10.5. The topological polar surface area (TPSA) is 89.3 Å². The Labute approximate surface area is 108 Å². The summed E-state index contributed by atoms with van der Waals surface area (Å²) < 4.78 is 0. The Morgan fingerprint density at radius 1 is 1.39 bits per heavy atom. The van der Waals surface area contributed by atoms with Crippen molar-refractivity contribution in [1.29, 1.82) is 0 Å². The highest BCUT2D eigenvalue weighted by atomic mass is 32.2. The maximum atomic E-state index is 11.7. The first-order chi connectivity index (χ1) is 8.54. The third-order valence-corrected chi connectivity index (χ3v) is 3.06. The molecule has 0 atom stereocenters. The molecule has 1 rings (SSSR count). The predicted octanol–water partition coefficient (Wildman–Crippen LogP) is 1.26. The molecule has 0 aromatic heterocycles. The molecule has 7 heteroatoms. The Morgan fingerprint density at radius 3 is 2.72 bits per heavy atom. The highest BCUT2D eigenvalue weighted by Gasteiger charge is 2.11. The maximum Gasteiger partial charge on any atom is 0.270 e. The number of nitrogens with one attached hydrogen (secondary N) is 1. The maximum absolute atomic E-state index is 11.7. The van der Waals surface area contributed by atoms with Crippen LogP contribution in [0.4, 0.5) is 5.69 Å². The number of carbonyl (C=O) groups excluding carboxylic acids is 2. The molecule has 0 unspecified atom stereocenters. The van der Waals surface area contributed by atoms with Gasteiger partial charge in [-0.1, -0.05) is 12.1 Å². The number of nitrogens with zero attached hydrogens (tertiary/aromatic N) is 1. The van der Waals surface area contributed by atoms with Crippen molar-refractivity contribution < 1.29 is 14.5 Å². The smallest absolute Gasteiger partial charge is 0.270 e. The number of Topliss-reactive ketones (excluding diaryl/α,β-unsaturated/α-hetero) is 1. The van der Waals surface area contributed by atoms with Crippen molar-refractivity contribution in [3.63, 3.8) is 0 Å². The summed E-state index contributed by atoms with van der Waals surface area (Å²) in [4.78, 5) is 32.7. The monoisotopic (exact) mass is 268 g/mol. The van der Waals surface area contributed by atoms with Gasteiger partial charge >= 0.3 is 0 Å². The number of nitro benzene ring substituents is 1. The fraction of sp³-hybridized carbons (Fsp3) is 0.273. The second-order valence-corrected chi connectivity index (χ2v) is 4.38. The third kappa shape index (κ3) is 4.17. The predicted molar refractivity (Wildman–Crippen MR) is 68.8 cm³/mol. The molecule has 0 heterocycles. The molecule has 0 aliphatic rings. The first kappa shape index (κ1) is 14.2. The quantitative estimate of drug-likeness (QED) is 0.476. The van der Waals surface area contributed by atoms with Gasteiger partial charge in [-0.15, -0.1) is 11.8 Å². The van der Waals surface area contributed by atoms with Gasteiger partial charge in [0.1, 0.15) is 0 Å². The Hall–Kier alpha value is -1.89. The van der Waals surface area contributed by atoms with Gasteiger partial charge in [-0.25, -0.2) is 0 Å². The van der Waals surface area contributed by atoms with Crippen molar-refractivity contribution in [2.45, 2.75) is 0 Å². The van der Waals surface area contributed by atoms with Crippen LogP contribution >= 0.6 is 11.8 Å². The minimum Gasteiger partial charge on any atom is -0.358 e. The number of hydrogen-bond acceptors (Lipinski definition) is 5. The molecule has 0 aliphatic carbocycles. The number of ketones is 1. The molecule has 6 nitrogen and oxygen atoms in total. The standard InChI is InChI=1S/C11H12N2O4S/c1-12-11(15)7-18-6-10(14)8-3-2-4-9(5-8)13(16)17/h2-5H,6-7H2,1H3,(H,12,15). The number of thioether (sulfide) groups is 1. The van der Waals surface area contributed by atoms with Gasteiger partial charge in [0.2, 0.25) is 5.91 Å². The van der Waals surface area contributed by atoms with Crippen molar-refractivity contribution in [3.8, 4) is 0 Å². The summed E-state index contributed by atoms with van der Waals surface area (Å²) in [5, 5.41) is 13.0.